The Bertz CT molecular complexity index is 366. The fourth-order valence-corrected chi connectivity index (χ4v) is 4.66. The van der Waals surface area contributed by atoms with Crippen molar-refractivity contribution in [1.29, 1.82) is 0 Å². The first-order valence-corrected chi connectivity index (χ1v) is 13.5. The molecule has 0 aliphatic carbocycles. The van der Waals surface area contributed by atoms with Gasteiger partial charge >= 0.3 is 0 Å². The summed E-state index contributed by atoms with van der Waals surface area (Å²) in [6.45, 7) is 9.38. The van der Waals surface area contributed by atoms with E-state index >= 15 is 0 Å². The molecule has 29 heavy (non-hydrogen) atoms. The molecule has 1 unspecified atom stereocenters. The van der Waals surface area contributed by atoms with Crippen molar-refractivity contribution in [3.05, 3.63) is 12.4 Å². The summed E-state index contributed by atoms with van der Waals surface area (Å²) in [6.07, 6.45) is 32.2. The fraction of sp³-hybridized carbons (Fsp3) is 0.926. The lowest BCUT2D eigenvalue weighted by Crippen LogP contribution is -2.39. The quantitative estimate of drug-likeness (QED) is 0.176. The lowest BCUT2D eigenvalue weighted by Gasteiger charge is -2.33. The molecule has 2 nitrogen and oxygen atoms in total. The summed E-state index contributed by atoms with van der Waals surface area (Å²) < 4.78 is 0. The smallest absolute Gasteiger partial charge is 0.101 e. The van der Waals surface area contributed by atoms with Gasteiger partial charge < -0.3 is 9.80 Å². The number of rotatable bonds is 21. The molecule has 0 N–H and O–H groups in total. The molecule has 0 saturated carbocycles. The first kappa shape index (κ1) is 26.4. The van der Waals surface area contributed by atoms with Gasteiger partial charge in [0.2, 0.25) is 0 Å². The van der Waals surface area contributed by atoms with Gasteiger partial charge in [0.25, 0.3) is 0 Å². The second-order valence-electron chi connectivity index (χ2n) is 9.35. The molecule has 0 amide bonds. The van der Waals surface area contributed by atoms with E-state index in [1.54, 1.807) is 0 Å². The van der Waals surface area contributed by atoms with E-state index in [-0.39, 0.29) is 0 Å². The molecule has 1 atom stereocenters. The maximum Gasteiger partial charge on any atom is 0.101 e. The van der Waals surface area contributed by atoms with E-state index in [4.69, 9.17) is 0 Å². The summed E-state index contributed by atoms with van der Waals surface area (Å²) in [7, 11) is 0. The molecular formula is C27H54N2. The van der Waals surface area contributed by atoms with E-state index in [1.807, 2.05) is 0 Å². The summed E-state index contributed by atoms with van der Waals surface area (Å²) in [5, 5.41) is 0. The summed E-state index contributed by atoms with van der Waals surface area (Å²) in [5.74, 6) is 0. The third kappa shape index (κ3) is 13.3. The van der Waals surface area contributed by atoms with E-state index in [2.05, 4.69) is 43.0 Å². The van der Waals surface area contributed by atoms with E-state index in [9.17, 15) is 0 Å². The molecule has 172 valence electrons. The lowest BCUT2D eigenvalue weighted by molar-refractivity contribution is 0.137. The van der Waals surface area contributed by atoms with E-state index in [0.29, 0.717) is 6.17 Å². The second kappa shape index (κ2) is 19.3. The van der Waals surface area contributed by atoms with Crippen LogP contribution >= 0.6 is 0 Å². The van der Waals surface area contributed by atoms with Gasteiger partial charge in [-0.1, -0.05) is 117 Å². The van der Waals surface area contributed by atoms with Crippen LogP contribution in [0.3, 0.4) is 0 Å². The van der Waals surface area contributed by atoms with Crippen LogP contribution in [0.2, 0.25) is 0 Å². The van der Waals surface area contributed by atoms with E-state index in [0.717, 1.165) is 0 Å². The van der Waals surface area contributed by atoms with Gasteiger partial charge in [-0.2, -0.15) is 0 Å². The molecule has 0 aromatic carbocycles. The summed E-state index contributed by atoms with van der Waals surface area (Å²) >= 11 is 0. The molecule has 0 saturated heterocycles. The zero-order valence-corrected chi connectivity index (χ0v) is 20.5. The molecule has 1 aliphatic heterocycles. The van der Waals surface area contributed by atoms with Crippen LogP contribution in [-0.4, -0.2) is 29.1 Å². The van der Waals surface area contributed by atoms with Gasteiger partial charge in [0.15, 0.2) is 0 Å². The van der Waals surface area contributed by atoms with Gasteiger partial charge in [0.1, 0.15) is 6.17 Å². The van der Waals surface area contributed by atoms with Crippen molar-refractivity contribution in [2.45, 2.75) is 149 Å². The Morgan fingerprint density at radius 3 is 1.34 bits per heavy atom. The summed E-state index contributed by atoms with van der Waals surface area (Å²) in [4.78, 5) is 5.25. The molecule has 1 heterocycles. The van der Waals surface area contributed by atoms with Crippen molar-refractivity contribution in [2.75, 3.05) is 13.1 Å². The number of hydrogen-bond donors (Lipinski definition) is 0. The Balaban J connectivity index is 2.10. The molecule has 2 heteroatoms. The van der Waals surface area contributed by atoms with Crippen molar-refractivity contribution >= 4 is 0 Å². The van der Waals surface area contributed by atoms with E-state index in [1.165, 1.54) is 135 Å². The molecule has 0 radical (unpaired) electrons. The molecule has 0 aromatic rings. The van der Waals surface area contributed by atoms with Crippen molar-refractivity contribution in [3.63, 3.8) is 0 Å². The molecule has 0 fully saturated rings. The molecule has 0 spiro atoms. The van der Waals surface area contributed by atoms with Crippen LogP contribution in [0.15, 0.2) is 12.4 Å². The van der Waals surface area contributed by atoms with Gasteiger partial charge in [-0.15, -0.1) is 0 Å². The van der Waals surface area contributed by atoms with Crippen LogP contribution < -0.4 is 0 Å². The normalized spacial score (nSPS) is 16.3. The highest BCUT2D eigenvalue weighted by Gasteiger charge is 2.24. The van der Waals surface area contributed by atoms with Crippen LogP contribution in [0, 0.1) is 0 Å². The van der Waals surface area contributed by atoms with Crippen molar-refractivity contribution in [3.8, 4) is 0 Å². The van der Waals surface area contributed by atoms with E-state index < -0.39 is 0 Å². The van der Waals surface area contributed by atoms with Gasteiger partial charge in [0, 0.05) is 25.5 Å². The van der Waals surface area contributed by atoms with Crippen LogP contribution in [0.25, 0.3) is 0 Å². The Morgan fingerprint density at radius 2 is 0.862 bits per heavy atom. The monoisotopic (exact) mass is 406 g/mol. The number of unbranched alkanes of at least 4 members (excludes halogenated alkanes) is 15. The lowest BCUT2D eigenvalue weighted by atomic mass is 10.0. The number of hydrogen-bond acceptors (Lipinski definition) is 2. The Labute approximate surface area is 184 Å². The predicted molar refractivity (Wildman–Crippen MR) is 131 cm³/mol. The van der Waals surface area contributed by atoms with Crippen LogP contribution in [0.1, 0.15) is 143 Å². The zero-order chi connectivity index (χ0) is 21.0. The minimum absolute atomic E-state index is 0.643. The first-order chi connectivity index (χ1) is 14.3. The second-order valence-corrected chi connectivity index (χ2v) is 9.35. The molecule has 0 aromatic heterocycles. The largest absolute Gasteiger partial charge is 0.356 e. The van der Waals surface area contributed by atoms with Crippen LogP contribution in [0.5, 0.6) is 0 Å². The highest BCUT2D eigenvalue weighted by Crippen LogP contribution is 2.23. The van der Waals surface area contributed by atoms with Gasteiger partial charge in [-0.25, -0.2) is 0 Å². The summed E-state index contributed by atoms with van der Waals surface area (Å²) in [6, 6.07) is 0. The topological polar surface area (TPSA) is 6.48 Å². The minimum Gasteiger partial charge on any atom is -0.356 e. The predicted octanol–water partition coefficient (Wildman–Crippen LogP) is 8.87. The molecule has 1 aliphatic rings. The third-order valence-corrected chi connectivity index (χ3v) is 6.53. The average Bonchev–Trinajstić information content (AvgIpc) is 3.10. The molecule has 0 bridgehead atoms. The third-order valence-electron chi connectivity index (χ3n) is 6.53. The van der Waals surface area contributed by atoms with Gasteiger partial charge in [-0.3, -0.25) is 0 Å². The molecular weight excluding hydrogens is 352 g/mol. The highest BCUT2D eigenvalue weighted by atomic mass is 15.4. The van der Waals surface area contributed by atoms with Crippen molar-refractivity contribution < 1.29 is 0 Å². The van der Waals surface area contributed by atoms with Crippen molar-refractivity contribution in [1.82, 2.24) is 9.80 Å². The van der Waals surface area contributed by atoms with Crippen molar-refractivity contribution in [2.24, 2.45) is 0 Å². The van der Waals surface area contributed by atoms with Gasteiger partial charge in [0.05, 0.1) is 0 Å². The first-order valence-electron chi connectivity index (χ1n) is 13.5. The minimum atomic E-state index is 0.643. The van der Waals surface area contributed by atoms with Crippen LogP contribution in [0.4, 0.5) is 0 Å². The fourth-order valence-electron chi connectivity index (χ4n) is 4.66. The Morgan fingerprint density at radius 1 is 0.448 bits per heavy atom. The standard InChI is InChI=1S/C27H54N2/c1-4-7-9-11-13-14-15-16-17-18-20-22-27-28(23-6-3)25-26-29(27)24-21-19-12-10-8-5-2/h25-27H,4-24H2,1-3H3. The summed E-state index contributed by atoms with van der Waals surface area (Å²) in [5.41, 5.74) is 0. The van der Waals surface area contributed by atoms with Crippen LogP contribution in [-0.2, 0) is 0 Å². The Kier molecular flexibility index (Phi) is 17.6. The molecule has 1 rings (SSSR count). The maximum absolute atomic E-state index is 2.64. The average molecular weight is 407 g/mol. The van der Waals surface area contributed by atoms with Gasteiger partial charge in [-0.05, 0) is 25.7 Å². The highest BCUT2D eigenvalue weighted by molar-refractivity contribution is 4.96. The number of nitrogens with zero attached hydrogens (tertiary/aromatic N) is 2. The maximum atomic E-state index is 2.64. The SMILES string of the molecule is CCCCCCCCCCCCCC1N(CCC)C=CN1CCCCCCCC. The zero-order valence-electron chi connectivity index (χ0n) is 20.5. The Hall–Kier alpha value is -0.660.